The van der Waals surface area contributed by atoms with Gasteiger partial charge in [-0.3, -0.25) is 0 Å². The van der Waals surface area contributed by atoms with Gasteiger partial charge in [-0.2, -0.15) is 0 Å². The molecule has 0 bridgehead atoms. The fourth-order valence-corrected chi connectivity index (χ4v) is 2.40. The SMILES string of the molecule is CC1=C(CC2CCCC2)C=CCN1. The summed E-state index contributed by atoms with van der Waals surface area (Å²) in [5, 5.41) is 3.40. The van der Waals surface area contributed by atoms with E-state index in [1.807, 2.05) is 0 Å². The molecule has 1 N–H and O–H groups in total. The van der Waals surface area contributed by atoms with Crippen LogP contribution in [0.5, 0.6) is 0 Å². The maximum absolute atomic E-state index is 3.40. The van der Waals surface area contributed by atoms with Crippen molar-refractivity contribution in [2.45, 2.75) is 39.0 Å². The van der Waals surface area contributed by atoms with Crippen molar-refractivity contribution < 1.29 is 0 Å². The van der Waals surface area contributed by atoms with Crippen LogP contribution in [0.2, 0.25) is 0 Å². The van der Waals surface area contributed by atoms with Crippen LogP contribution >= 0.6 is 0 Å². The summed E-state index contributed by atoms with van der Waals surface area (Å²) >= 11 is 0. The van der Waals surface area contributed by atoms with Crippen molar-refractivity contribution in [1.82, 2.24) is 5.32 Å². The van der Waals surface area contributed by atoms with Crippen molar-refractivity contribution in [3.8, 4) is 0 Å². The molecule has 0 amide bonds. The summed E-state index contributed by atoms with van der Waals surface area (Å²) in [5.41, 5.74) is 2.94. The summed E-state index contributed by atoms with van der Waals surface area (Å²) in [6.45, 7) is 3.22. The lowest BCUT2D eigenvalue weighted by Gasteiger charge is -2.17. The largest absolute Gasteiger partial charge is 0.385 e. The van der Waals surface area contributed by atoms with Gasteiger partial charge in [0.2, 0.25) is 0 Å². The molecule has 0 unspecified atom stereocenters. The van der Waals surface area contributed by atoms with Crippen LogP contribution in [0.4, 0.5) is 0 Å². The average molecular weight is 177 g/mol. The molecule has 1 fully saturated rings. The standard InChI is InChI=1S/C12H19N/c1-10-12(7-4-8-13-10)9-11-5-2-3-6-11/h4,7,11,13H,2-3,5-6,8-9H2,1H3. The highest BCUT2D eigenvalue weighted by atomic mass is 14.9. The zero-order valence-electron chi connectivity index (χ0n) is 8.47. The van der Waals surface area contributed by atoms with E-state index in [1.165, 1.54) is 43.4 Å². The van der Waals surface area contributed by atoms with E-state index in [2.05, 4.69) is 24.4 Å². The third-order valence-electron chi connectivity index (χ3n) is 3.27. The molecule has 0 saturated heterocycles. The molecule has 0 aromatic rings. The first kappa shape index (κ1) is 8.86. The van der Waals surface area contributed by atoms with Gasteiger partial charge in [-0.25, -0.2) is 0 Å². The van der Waals surface area contributed by atoms with E-state index in [1.54, 1.807) is 0 Å². The Morgan fingerprint density at radius 1 is 1.38 bits per heavy atom. The second-order valence-corrected chi connectivity index (χ2v) is 4.29. The third-order valence-corrected chi connectivity index (χ3v) is 3.27. The second-order valence-electron chi connectivity index (χ2n) is 4.29. The monoisotopic (exact) mass is 177 g/mol. The quantitative estimate of drug-likeness (QED) is 0.683. The number of allylic oxidation sites excluding steroid dienone is 3. The number of dihydropyridines is 1. The van der Waals surface area contributed by atoms with Crippen molar-refractivity contribution in [3.63, 3.8) is 0 Å². The van der Waals surface area contributed by atoms with Gasteiger partial charge in [0, 0.05) is 12.2 Å². The van der Waals surface area contributed by atoms with Crippen LogP contribution in [0.3, 0.4) is 0 Å². The third kappa shape index (κ3) is 2.15. The molecule has 13 heavy (non-hydrogen) atoms. The highest BCUT2D eigenvalue weighted by Gasteiger charge is 2.17. The minimum absolute atomic E-state index is 0.967. The van der Waals surface area contributed by atoms with Gasteiger partial charge in [0.1, 0.15) is 0 Å². The molecule has 1 heterocycles. The first-order valence-electron chi connectivity index (χ1n) is 5.46. The summed E-state index contributed by atoms with van der Waals surface area (Å²) in [6, 6.07) is 0. The Morgan fingerprint density at radius 2 is 2.15 bits per heavy atom. The van der Waals surface area contributed by atoms with Crippen LogP contribution in [-0.2, 0) is 0 Å². The van der Waals surface area contributed by atoms with Crippen LogP contribution in [0.1, 0.15) is 39.0 Å². The summed E-state index contributed by atoms with van der Waals surface area (Å²) in [4.78, 5) is 0. The van der Waals surface area contributed by atoms with E-state index >= 15 is 0 Å². The molecule has 1 aliphatic heterocycles. The molecule has 2 aliphatic rings. The van der Waals surface area contributed by atoms with Crippen molar-refractivity contribution in [1.29, 1.82) is 0 Å². The summed E-state index contributed by atoms with van der Waals surface area (Å²) in [7, 11) is 0. The first-order chi connectivity index (χ1) is 6.36. The Labute approximate surface area is 80.9 Å². The molecule has 1 aliphatic carbocycles. The van der Waals surface area contributed by atoms with Gasteiger partial charge in [-0.05, 0) is 24.8 Å². The van der Waals surface area contributed by atoms with Crippen LogP contribution in [0.15, 0.2) is 23.4 Å². The van der Waals surface area contributed by atoms with Crippen LogP contribution in [-0.4, -0.2) is 6.54 Å². The fraction of sp³-hybridized carbons (Fsp3) is 0.667. The minimum Gasteiger partial charge on any atom is -0.385 e. The molecule has 0 spiro atoms. The predicted octanol–water partition coefficient (Wildman–Crippen LogP) is 3.00. The lowest BCUT2D eigenvalue weighted by atomic mass is 9.95. The van der Waals surface area contributed by atoms with Gasteiger partial charge in [-0.1, -0.05) is 37.8 Å². The molecule has 1 heteroatoms. The van der Waals surface area contributed by atoms with Crippen molar-refractivity contribution in [3.05, 3.63) is 23.4 Å². The normalized spacial score (nSPS) is 23.8. The summed E-state index contributed by atoms with van der Waals surface area (Å²) in [6.07, 6.45) is 11.6. The molecule has 1 saturated carbocycles. The van der Waals surface area contributed by atoms with Crippen LogP contribution in [0.25, 0.3) is 0 Å². The number of rotatable bonds is 2. The molecular formula is C12H19N. The topological polar surface area (TPSA) is 12.0 Å². The smallest absolute Gasteiger partial charge is 0.0330 e. The van der Waals surface area contributed by atoms with E-state index in [9.17, 15) is 0 Å². The average Bonchev–Trinajstić information content (AvgIpc) is 2.61. The molecule has 0 radical (unpaired) electrons. The van der Waals surface area contributed by atoms with Gasteiger partial charge < -0.3 is 5.32 Å². The maximum Gasteiger partial charge on any atom is 0.0330 e. The zero-order valence-corrected chi connectivity index (χ0v) is 8.47. The second kappa shape index (κ2) is 3.99. The highest BCUT2D eigenvalue weighted by molar-refractivity contribution is 5.28. The van der Waals surface area contributed by atoms with E-state index in [4.69, 9.17) is 0 Å². The molecule has 2 rings (SSSR count). The van der Waals surface area contributed by atoms with E-state index in [0.29, 0.717) is 0 Å². The van der Waals surface area contributed by atoms with E-state index in [0.717, 1.165) is 12.5 Å². The Kier molecular flexibility index (Phi) is 2.72. The lowest BCUT2D eigenvalue weighted by molar-refractivity contribution is 0.543. The number of hydrogen-bond acceptors (Lipinski definition) is 1. The van der Waals surface area contributed by atoms with E-state index in [-0.39, 0.29) is 0 Å². The molecule has 0 aromatic carbocycles. The summed E-state index contributed by atoms with van der Waals surface area (Å²) < 4.78 is 0. The Bertz CT molecular complexity index is 232. The molecule has 1 nitrogen and oxygen atoms in total. The van der Waals surface area contributed by atoms with Gasteiger partial charge in [0.15, 0.2) is 0 Å². The summed E-state index contributed by atoms with van der Waals surface area (Å²) in [5.74, 6) is 0.967. The minimum atomic E-state index is 0.967. The Balaban J connectivity index is 1.95. The van der Waals surface area contributed by atoms with Crippen molar-refractivity contribution in [2.75, 3.05) is 6.54 Å². The molecule has 72 valence electrons. The van der Waals surface area contributed by atoms with Crippen molar-refractivity contribution >= 4 is 0 Å². The van der Waals surface area contributed by atoms with Gasteiger partial charge in [-0.15, -0.1) is 0 Å². The maximum atomic E-state index is 3.40. The number of hydrogen-bond donors (Lipinski definition) is 1. The van der Waals surface area contributed by atoms with Gasteiger partial charge >= 0.3 is 0 Å². The van der Waals surface area contributed by atoms with E-state index < -0.39 is 0 Å². The van der Waals surface area contributed by atoms with Gasteiger partial charge in [0.25, 0.3) is 0 Å². The first-order valence-corrected chi connectivity index (χ1v) is 5.46. The molecular weight excluding hydrogens is 158 g/mol. The van der Waals surface area contributed by atoms with Crippen molar-refractivity contribution in [2.24, 2.45) is 5.92 Å². The Hall–Kier alpha value is -0.720. The molecule has 0 atom stereocenters. The Morgan fingerprint density at radius 3 is 2.85 bits per heavy atom. The number of nitrogens with one attached hydrogen (secondary N) is 1. The van der Waals surface area contributed by atoms with Gasteiger partial charge in [0.05, 0.1) is 0 Å². The lowest BCUT2D eigenvalue weighted by Crippen LogP contribution is -2.16. The van der Waals surface area contributed by atoms with Crippen LogP contribution in [0, 0.1) is 5.92 Å². The highest BCUT2D eigenvalue weighted by Crippen LogP contribution is 2.31. The molecule has 0 aromatic heterocycles. The fourth-order valence-electron chi connectivity index (χ4n) is 2.40. The predicted molar refractivity (Wildman–Crippen MR) is 56.4 cm³/mol. The zero-order chi connectivity index (χ0) is 9.10. The van der Waals surface area contributed by atoms with Crippen LogP contribution < -0.4 is 5.32 Å².